The van der Waals surface area contributed by atoms with Crippen LogP contribution in [0.5, 0.6) is 0 Å². The summed E-state index contributed by atoms with van der Waals surface area (Å²) in [5, 5.41) is 40.4. The third-order valence-electron chi connectivity index (χ3n) is 21.7. The van der Waals surface area contributed by atoms with E-state index in [4.69, 9.17) is 25.2 Å². The number of nitrogens with zero attached hydrogens (tertiary/aromatic N) is 10. The number of carbonyl (C=O) groups is 13. The fourth-order valence-electron chi connectivity index (χ4n) is 15.1. The highest BCUT2D eigenvalue weighted by molar-refractivity contribution is 8.76. The normalized spacial score (nSPS) is 16.3. The largest absolute Gasteiger partial charge is 0.480 e. The van der Waals surface area contributed by atoms with E-state index in [2.05, 4.69) is 96.5 Å². The van der Waals surface area contributed by atoms with Crippen molar-refractivity contribution in [1.29, 1.82) is 0 Å². The molecule has 1 aliphatic carbocycles. The van der Waals surface area contributed by atoms with Crippen molar-refractivity contribution in [2.24, 2.45) is 18.9 Å². The summed E-state index contributed by atoms with van der Waals surface area (Å²) in [5.41, 5.74) is 16.2. The first-order valence-corrected chi connectivity index (χ1v) is 43.6. The quantitative estimate of drug-likeness (QED) is 0.00492. The number of carboxylic acid groups (broad SMARTS) is 2. The van der Waals surface area contributed by atoms with Crippen LogP contribution in [0, 0.1) is 25.7 Å². The maximum atomic E-state index is 14.7. The highest BCUT2D eigenvalue weighted by Gasteiger charge is 2.46. The van der Waals surface area contributed by atoms with Gasteiger partial charge < -0.3 is 62.0 Å². The number of nitrogens with two attached hydrogens (primary N) is 1. The van der Waals surface area contributed by atoms with Gasteiger partial charge in [-0.2, -0.15) is 18.1 Å². The van der Waals surface area contributed by atoms with Crippen molar-refractivity contribution in [3.63, 3.8) is 0 Å². The molecule has 0 saturated carbocycles. The first kappa shape index (κ1) is 92.5. The SMILES string of the molecule is CC[C@H]1c2cc3[nH]c4c(c3C)C(=O)C(C(=O)OC)c4c3nc(cc4[nH]c(cc(n2)[C@@H]1C)c(C(C)=O)c4C)[C@@H](C)[C@@H]3CCC(=O)NCCCC(CC(=O)c1cn2c(=O)n(C)nnc2n1)C(=O)NNC(=O)OCCSSC[C@H](NC(=O)[C@@H](CC(=O)CC[C@H](NC(=O)c1ccc(NCc2cnc3nc(N)[nH]c(=O)c3n2)cc1)C(=O)O)CC(=O)NCCS(=O)(=O)O)C(=O)O. The summed E-state index contributed by atoms with van der Waals surface area (Å²) in [6.07, 6.45) is -1.17. The Morgan fingerprint density at radius 1 is 0.744 bits per heavy atom. The third-order valence-corrected chi connectivity index (χ3v) is 24.8. The minimum Gasteiger partial charge on any atom is -0.480 e. The van der Waals surface area contributed by atoms with Crippen LogP contribution < -0.4 is 54.4 Å². The molecule has 2 unspecified atom stereocenters. The molecule has 7 aromatic heterocycles. The molecule has 11 rings (SSSR count). The Labute approximate surface area is 717 Å². The molecule has 8 aromatic rings. The lowest BCUT2D eigenvalue weighted by Gasteiger charge is -2.20. The Morgan fingerprint density at radius 2 is 1.44 bits per heavy atom. The number of ether oxygens (including phenoxy) is 2. The van der Waals surface area contributed by atoms with Crippen LogP contribution in [0.25, 0.3) is 39.0 Å². The average molecular weight is 1780 g/mol. The summed E-state index contributed by atoms with van der Waals surface area (Å²) in [4.78, 5) is 237. The van der Waals surface area contributed by atoms with Gasteiger partial charge in [0.25, 0.3) is 27.4 Å². The molecule has 125 heavy (non-hydrogen) atoms. The van der Waals surface area contributed by atoms with Gasteiger partial charge in [-0.1, -0.05) is 52.7 Å². The molecule has 0 spiro atoms. The molecular formula is C79H91N21O22S3. The zero-order valence-electron chi connectivity index (χ0n) is 68.8. The van der Waals surface area contributed by atoms with Crippen LogP contribution in [-0.4, -0.2) is 220 Å². The monoisotopic (exact) mass is 1780 g/mol. The highest BCUT2D eigenvalue weighted by Crippen LogP contribution is 2.49. The molecule has 0 fully saturated rings. The Hall–Kier alpha value is -13.2. The number of carboxylic acids is 2. The molecule has 8 bridgehead atoms. The first-order chi connectivity index (χ1) is 59.4. The van der Waals surface area contributed by atoms with Crippen LogP contribution in [0.15, 0.2) is 64.4 Å². The number of fused-ring (bicyclic) bond motifs is 10. The van der Waals surface area contributed by atoms with E-state index in [0.717, 1.165) is 54.7 Å². The highest BCUT2D eigenvalue weighted by atomic mass is 33.1. The average Bonchev–Trinajstić information content (AvgIpc) is 1.56. The van der Waals surface area contributed by atoms with Crippen LogP contribution in [0.1, 0.15) is 208 Å². The van der Waals surface area contributed by atoms with Gasteiger partial charge in [-0.3, -0.25) is 77.7 Å². The molecule has 3 aliphatic rings. The number of H-pyrrole nitrogens is 3. The van der Waals surface area contributed by atoms with Gasteiger partial charge in [-0.05, 0) is 106 Å². The van der Waals surface area contributed by atoms with Crippen LogP contribution in [0.4, 0.5) is 16.4 Å². The number of rotatable bonds is 39. The van der Waals surface area contributed by atoms with Crippen LogP contribution in [0.3, 0.4) is 0 Å². The second-order valence-electron chi connectivity index (χ2n) is 30.2. The Kier molecular flexibility index (Phi) is 29.9. The number of amides is 6. The van der Waals surface area contributed by atoms with Crippen molar-refractivity contribution in [3.05, 3.63) is 143 Å². The van der Waals surface area contributed by atoms with Crippen LogP contribution >= 0.6 is 21.6 Å². The summed E-state index contributed by atoms with van der Waals surface area (Å²) in [7, 11) is -0.197. The summed E-state index contributed by atoms with van der Waals surface area (Å²) in [6.45, 7) is 10.2. The minimum atomic E-state index is -4.56. The molecule has 43 nitrogen and oxygen atoms in total. The van der Waals surface area contributed by atoms with Crippen molar-refractivity contribution in [2.45, 2.75) is 154 Å². The number of esters is 1. The zero-order chi connectivity index (χ0) is 90.6. The number of aromatic amines is 3. The zero-order valence-corrected chi connectivity index (χ0v) is 71.2. The summed E-state index contributed by atoms with van der Waals surface area (Å²) in [5.74, 6) is -17.4. The van der Waals surface area contributed by atoms with Gasteiger partial charge in [-0.25, -0.2) is 44.0 Å². The molecule has 15 N–H and O–H groups in total. The lowest BCUT2D eigenvalue weighted by Crippen LogP contribution is -2.46. The van der Waals surface area contributed by atoms with Crippen LogP contribution in [-0.2, 0) is 71.5 Å². The van der Waals surface area contributed by atoms with Crippen molar-refractivity contribution in [2.75, 3.05) is 55.1 Å². The lowest BCUT2D eigenvalue weighted by molar-refractivity contribution is -0.142. The number of imidazole rings is 1. The topological polar surface area (TPSA) is 639 Å². The van der Waals surface area contributed by atoms with Gasteiger partial charge in [-0.15, -0.1) is 0 Å². The Morgan fingerprint density at radius 3 is 2.14 bits per heavy atom. The molecule has 0 saturated heterocycles. The van der Waals surface area contributed by atoms with E-state index >= 15 is 0 Å². The first-order valence-electron chi connectivity index (χ1n) is 39.5. The number of aryl methyl sites for hydroxylation is 3. The maximum Gasteiger partial charge on any atom is 0.426 e. The molecule has 0 radical (unpaired) electrons. The van der Waals surface area contributed by atoms with Crippen LogP contribution in [0.2, 0.25) is 0 Å². The predicted molar refractivity (Wildman–Crippen MR) is 451 cm³/mol. The van der Waals surface area contributed by atoms with E-state index in [9.17, 15) is 95.1 Å². The lowest BCUT2D eigenvalue weighted by atomic mass is 9.84. The number of benzene rings is 1. The summed E-state index contributed by atoms with van der Waals surface area (Å²) in [6, 6.07) is 8.04. The molecule has 6 amide bonds. The van der Waals surface area contributed by atoms with Gasteiger partial charge >= 0.3 is 29.7 Å². The molecule has 46 heteroatoms. The number of nitrogens with one attached hydrogen (secondary N) is 10. The fourth-order valence-corrected chi connectivity index (χ4v) is 17.4. The van der Waals surface area contributed by atoms with E-state index in [-0.39, 0.29) is 109 Å². The third kappa shape index (κ3) is 22.4. The van der Waals surface area contributed by atoms with Crippen molar-refractivity contribution in [3.8, 4) is 0 Å². The number of nitrogen functional groups attached to an aromatic ring is 1. The van der Waals surface area contributed by atoms with Gasteiger partial charge in [0.05, 0.1) is 53.9 Å². The standard InChI is InChI=1S/C79H91N21O22S3/c1-9-46-35(2)49-30-54-60(39(6)101)37(4)51(87-54)28-50-36(3)47(64(88-50)62-63(75(115)121-8)67(106)61-38(5)52(89-65(61)62)29-53(46)86-49)17-19-58(104)81-20-10-11-41(26-57(103)55-33-100-77(92-55)96-98-99(7)79(100)117)71(109)95-97-78(116)122-22-23-123-124-34-56(74(113)114)91-70(108)42(27-59(105)82-21-24-125(118,119)120)25-45(102)16-18-48(73(111)112)90-69(107)40-12-14-43(15-13-40)83-31-44-32-84-68-66(85-44)72(110)94-76(80)93-68/h12-15,28-30,32-33,35-36,41-42,46-48,56,63,83,87,89H,9-11,16-27,31,34H2,1-8H3,(H,81,104)(H,82,105)(H,90,107)(H,91,108)(H,95,109)(H,97,116)(H,111,112)(H,113,114)(H,118,119,120)(H3,80,84,93,94,110)/t35-,36+,41?,42+,46-,47+,48+,56+,63?/m1/s1. The summed E-state index contributed by atoms with van der Waals surface area (Å²) < 4.78 is 44.3. The number of Topliss-reactive ketones (excluding diaryl/α,β-unsaturated/α-hetero) is 4. The van der Waals surface area contributed by atoms with Crippen molar-refractivity contribution in [1.82, 2.24) is 96.4 Å². The number of anilines is 2. The maximum absolute atomic E-state index is 14.7. The molecular weight excluding hydrogens is 1690 g/mol. The Bertz CT molecular complexity index is 6070. The number of ketones is 4. The van der Waals surface area contributed by atoms with E-state index in [1.54, 1.807) is 6.92 Å². The van der Waals surface area contributed by atoms with Gasteiger partial charge in [0.15, 0.2) is 28.5 Å². The number of aromatic nitrogens is 13. The number of hydrogen-bond donors (Lipinski definition) is 14. The number of methoxy groups -OCH3 is 1. The Balaban J connectivity index is 0.683. The van der Waals surface area contributed by atoms with E-state index in [1.807, 2.05) is 32.0 Å². The number of hydrogen-bond acceptors (Lipinski definition) is 31. The molecule has 9 heterocycles. The smallest absolute Gasteiger partial charge is 0.426 e. The van der Waals surface area contributed by atoms with E-state index < -0.39 is 178 Å². The molecule has 9 atom stereocenters. The molecule has 1 aromatic carbocycles. The van der Waals surface area contributed by atoms with Gasteiger partial charge in [0.1, 0.15) is 36.1 Å². The van der Waals surface area contributed by atoms with Crippen molar-refractivity contribution >= 4 is 159 Å². The van der Waals surface area contributed by atoms with Gasteiger partial charge in [0.2, 0.25) is 29.6 Å². The fraction of sp³-hybridized carbons (Fsp3) is 0.430. The number of aliphatic carboxylic acids is 2. The molecule has 662 valence electrons. The summed E-state index contributed by atoms with van der Waals surface area (Å²) >= 11 is 0. The minimum absolute atomic E-state index is 0.0126. The predicted octanol–water partition coefficient (Wildman–Crippen LogP) is 4.04. The van der Waals surface area contributed by atoms with Crippen molar-refractivity contribution < 1.29 is 95.0 Å². The van der Waals surface area contributed by atoms with E-state index in [1.165, 1.54) is 51.5 Å². The number of hydrazine groups is 1. The number of carbonyl (C=O) groups excluding carboxylic acids is 11. The van der Waals surface area contributed by atoms with Gasteiger partial charge in [0, 0.05) is 156 Å². The van der Waals surface area contributed by atoms with E-state index in [0.29, 0.717) is 72.7 Å². The molecule has 2 aliphatic heterocycles. The second-order valence-corrected chi connectivity index (χ2v) is 34.4. The second kappa shape index (κ2) is 40.4.